The Morgan fingerprint density at radius 1 is 1.30 bits per heavy atom. The summed E-state index contributed by atoms with van der Waals surface area (Å²) in [4.78, 5) is 0. The summed E-state index contributed by atoms with van der Waals surface area (Å²) in [7, 11) is 0. The van der Waals surface area contributed by atoms with Crippen LogP contribution in [0.25, 0.3) is 0 Å². The van der Waals surface area contributed by atoms with Gasteiger partial charge in [-0.3, -0.25) is 0 Å². The fourth-order valence-electron chi connectivity index (χ4n) is 0.644. The monoisotopic (exact) mass is 145 g/mol. The van der Waals surface area contributed by atoms with Gasteiger partial charge in [0.15, 0.2) is 0 Å². The van der Waals surface area contributed by atoms with Crippen molar-refractivity contribution in [2.75, 3.05) is 19.7 Å². The van der Waals surface area contributed by atoms with Gasteiger partial charge < -0.3 is 10.4 Å². The van der Waals surface area contributed by atoms with E-state index in [1.54, 1.807) is 0 Å². The van der Waals surface area contributed by atoms with Gasteiger partial charge in [-0.25, -0.2) is 0 Å². The Morgan fingerprint density at radius 2 is 1.90 bits per heavy atom. The largest absolute Gasteiger partial charge is 0.395 e. The molecule has 62 valence electrons. The molecule has 0 aliphatic carbocycles. The Labute approximate surface area is 63.6 Å². The van der Waals surface area contributed by atoms with Crippen LogP contribution in [0, 0.1) is 11.8 Å². The maximum Gasteiger partial charge on any atom is 0.0555 e. The first-order valence-corrected chi connectivity index (χ1v) is 4.00. The molecule has 0 radical (unpaired) electrons. The molecule has 0 aliphatic heterocycles. The van der Waals surface area contributed by atoms with Gasteiger partial charge in [0.05, 0.1) is 6.61 Å². The fraction of sp³-hybridized carbons (Fsp3) is 1.00. The lowest BCUT2D eigenvalue weighted by Gasteiger charge is -2.15. The van der Waals surface area contributed by atoms with Crippen LogP contribution in [0.15, 0.2) is 0 Å². The van der Waals surface area contributed by atoms with Crippen molar-refractivity contribution in [3.05, 3.63) is 0 Å². The molecule has 0 rings (SSSR count). The van der Waals surface area contributed by atoms with Crippen molar-refractivity contribution in [1.29, 1.82) is 0 Å². The van der Waals surface area contributed by atoms with Gasteiger partial charge in [0.25, 0.3) is 0 Å². The third kappa shape index (κ3) is 4.77. The Kier molecular flexibility index (Phi) is 5.64. The van der Waals surface area contributed by atoms with E-state index < -0.39 is 0 Å². The Morgan fingerprint density at radius 3 is 2.30 bits per heavy atom. The molecule has 0 aromatic carbocycles. The number of rotatable bonds is 5. The molecule has 0 saturated heterocycles. The molecule has 0 fully saturated rings. The minimum Gasteiger partial charge on any atom is -0.395 e. The number of nitrogens with one attached hydrogen (secondary N) is 1. The third-order valence-corrected chi connectivity index (χ3v) is 1.89. The highest BCUT2D eigenvalue weighted by atomic mass is 16.3. The quantitative estimate of drug-likeness (QED) is 0.562. The van der Waals surface area contributed by atoms with Crippen LogP contribution in [-0.2, 0) is 0 Å². The molecule has 2 heteroatoms. The minimum absolute atomic E-state index is 0.241. The summed E-state index contributed by atoms with van der Waals surface area (Å²) in [5.74, 6) is 1.43. The number of aliphatic hydroxyl groups is 1. The van der Waals surface area contributed by atoms with Gasteiger partial charge in [-0.1, -0.05) is 20.8 Å². The molecule has 1 unspecified atom stereocenters. The van der Waals surface area contributed by atoms with Gasteiger partial charge >= 0.3 is 0 Å². The molecule has 2 N–H and O–H groups in total. The highest BCUT2D eigenvalue weighted by Gasteiger charge is 2.04. The molecule has 10 heavy (non-hydrogen) atoms. The summed E-state index contributed by atoms with van der Waals surface area (Å²) < 4.78 is 0. The predicted octanol–water partition coefficient (Wildman–Crippen LogP) is 0.860. The second-order valence-electron chi connectivity index (χ2n) is 3.15. The number of hydrogen-bond donors (Lipinski definition) is 2. The van der Waals surface area contributed by atoms with Crippen LogP contribution < -0.4 is 5.32 Å². The minimum atomic E-state index is 0.241. The number of hydrogen-bond acceptors (Lipinski definition) is 2. The van der Waals surface area contributed by atoms with E-state index in [-0.39, 0.29) is 6.61 Å². The van der Waals surface area contributed by atoms with Crippen LogP contribution in [-0.4, -0.2) is 24.8 Å². The SMILES string of the molecule is CC(C)C(C)CNCCO. The van der Waals surface area contributed by atoms with Crippen molar-refractivity contribution in [2.24, 2.45) is 11.8 Å². The van der Waals surface area contributed by atoms with E-state index in [1.165, 1.54) is 0 Å². The standard InChI is InChI=1S/C8H19NO/c1-7(2)8(3)6-9-4-5-10/h7-10H,4-6H2,1-3H3. The summed E-state index contributed by atoms with van der Waals surface area (Å²) in [5, 5.41) is 11.6. The summed E-state index contributed by atoms with van der Waals surface area (Å²) in [6.45, 7) is 8.62. The van der Waals surface area contributed by atoms with E-state index in [1.807, 2.05) is 0 Å². The highest BCUT2D eigenvalue weighted by molar-refractivity contribution is 4.59. The summed E-state index contributed by atoms with van der Waals surface area (Å²) in [6, 6.07) is 0. The third-order valence-electron chi connectivity index (χ3n) is 1.89. The molecule has 0 heterocycles. The second kappa shape index (κ2) is 5.69. The van der Waals surface area contributed by atoms with Crippen LogP contribution in [0.3, 0.4) is 0 Å². The van der Waals surface area contributed by atoms with E-state index in [2.05, 4.69) is 26.1 Å². The Hall–Kier alpha value is -0.0800. The van der Waals surface area contributed by atoms with Gasteiger partial charge in [-0.2, -0.15) is 0 Å². The average molecular weight is 145 g/mol. The van der Waals surface area contributed by atoms with Gasteiger partial charge in [-0.15, -0.1) is 0 Å². The van der Waals surface area contributed by atoms with Crippen LogP contribution in [0.5, 0.6) is 0 Å². The molecular formula is C8H19NO. The lowest BCUT2D eigenvalue weighted by molar-refractivity contribution is 0.283. The zero-order valence-electron chi connectivity index (χ0n) is 7.22. The maximum atomic E-state index is 8.46. The first-order valence-electron chi connectivity index (χ1n) is 4.00. The molecule has 1 atom stereocenters. The van der Waals surface area contributed by atoms with Crippen molar-refractivity contribution in [2.45, 2.75) is 20.8 Å². The Balaban J connectivity index is 3.13. The molecule has 0 saturated carbocycles. The summed E-state index contributed by atoms with van der Waals surface area (Å²) in [6.07, 6.45) is 0. The predicted molar refractivity (Wildman–Crippen MR) is 44.0 cm³/mol. The molecule has 2 nitrogen and oxygen atoms in total. The molecule has 0 spiro atoms. The second-order valence-corrected chi connectivity index (χ2v) is 3.15. The van der Waals surface area contributed by atoms with E-state index in [9.17, 15) is 0 Å². The van der Waals surface area contributed by atoms with Gasteiger partial charge in [0, 0.05) is 6.54 Å². The van der Waals surface area contributed by atoms with Crippen molar-refractivity contribution in [3.63, 3.8) is 0 Å². The van der Waals surface area contributed by atoms with Crippen molar-refractivity contribution < 1.29 is 5.11 Å². The molecule has 0 aliphatic rings. The van der Waals surface area contributed by atoms with Crippen LogP contribution in [0.1, 0.15) is 20.8 Å². The van der Waals surface area contributed by atoms with Crippen LogP contribution in [0.4, 0.5) is 0 Å². The van der Waals surface area contributed by atoms with E-state index in [4.69, 9.17) is 5.11 Å². The zero-order chi connectivity index (χ0) is 7.98. The van der Waals surface area contributed by atoms with Crippen molar-refractivity contribution in [1.82, 2.24) is 5.32 Å². The van der Waals surface area contributed by atoms with E-state index in [0.29, 0.717) is 5.92 Å². The van der Waals surface area contributed by atoms with Crippen LogP contribution >= 0.6 is 0 Å². The molecule has 0 bridgehead atoms. The Bertz CT molecular complexity index is 73.7. The fourth-order valence-corrected chi connectivity index (χ4v) is 0.644. The maximum absolute atomic E-state index is 8.46. The number of aliphatic hydroxyl groups excluding tert-OH is 1. The first kappa shape index (κ1) is 9.92. The smallest absolute Gasteiger partial charge is 0.0555 e. The molecule has 0 amide bonds. The van der Waals surface area contributed by atoms with Gasteiger partial charge in [0.2, 0.25) is 0 Å². The summed E-state index contributed by atoms with van der Waals surface area (Å²) >= 11 is 0. The normalized spacial score (nSPS) is 14.1. The van der Waals surface area contributed by atoms with E-state index in [0.717, 1.165) is 19.0 Å². The lowest BCUT2D eigenvalue weighted by atomic mass is 9.98. The van der Waals surface area contributed by atoms with Gasteiger partial charge in [-0.05, 0) is 18.4 Å². The summed E-state index contributed by atoms with van der Waals surface area (Å²) in [5.41, 5.74) is 0. The highest BCUT2D eigenvalue weighted by Crippen LogP contribution is 2.06. The first-order chi connectivity index (χ1) is 4.68. The van der Waals surface area contributed by atoms with Gasteiger partial charge in [0.1, 0.15) is 0 Å². The topological polar surface area (TPSA) is 32.3 Å². The molecule has 0 aromatic rings. The van der Waals surface area contributed by atoms with Crippen molar-refractivity contribution in [3.8, 4) is 0 Å². The molecular weight excluding hydrogens is 126 g/mol. The van der Waals surface area contributed by atoms with Crippen molar-refractivity contribution >= 4 is 0 Å². The average Bonchev–Trinajstić information content (AvgIpc) is 1.88. The molecule has 0 aromatic heterocycles. The lowest BCUT2D eigenvalue weighted by Crippen LogP contribution is -2.26. The van der Waals surface area contributed by atoms with Crippen LogP contribution in [0.2, 0.25) is 0 Å². The zero-order valence-corrected chi connectivity index (χ0v) is 7.22. The van der Waals surface area contributed by atoms with E-state index >= 15 is 0 Å².